The predicted molar refractivity (Wildman–Crippen MR) is 86.6 cm³/mol. The highest BCUT2D eigenvalue weighted by atomic mass is 32.2. The lowest BCUT2D eigenvalue weighted by atomic mass is 9.99. The van der Waals surface area contributed by atoms with Gasteiger partial charge in [0.15, 0.2) is 4.34 Å². The minimum atomic E-state index is -0.0664. The van der Waals surface area contributed by atoms with Gasteiger partial charge in [0.05, 0.1) is 16.8 Å². The number of rotatable bonds is 5. The Kier molecular flexibility index (Phi) is 4.31. The van der Waals surface area contributed by atoms with E-state index in [0.29, 0.717) is 5.25 Å². The number of hydrogen-bond acceptors (Lipinski definition) is 5. The number of thioether (sulfide) groups is 1. The first-order valence-electron chi connectivity index (χ1n) is 7.13. The highest BCUT2D eigenvalue weighted by molar-refractivity contribution is 8.01. The molecule has 1 aliphatic carbocycles. The molecule has 2 atom stereocenters. The number of hydrogen-bond donors (Lipinski definition) is 2. The standard InChI is InChI=1S/C15H20N2OS2/c1-2-16-15(10-18)8-7-11(9-15)19-14-17-12-5-3-4-6-13(12)20-14/h3-6,11,16,18H,2,7-10H2,1H3. The third-order valence-corrected chi connectivity index (χ3v) is 6.36. The molecule has 1 saturated carbocycles. The fourth-order valence-electron chi connectivity index (χ4n) is 2.96. The molecule has 2 N–H and O–H groups in total. The van der Waals surface area contributed by atoms with Gasteiger partial charge in [-0.3, -0.25) is 0 Å². The van der Waals surface area contributed by atoms with Gasteiger partial charge >= 0.3 is 0 Å². The number of fused-ring (bicyclic) bond motifs is 1. The molecule has 3 rings (SSSR count). The zero-order valence-electron chi connectivity index (χ0n) is 11.6. The molecular formula is C15H20N2OS2. The summed E-state index contributed by atoms with van der Waals surface area (Å²) < 4.78 is 2.41. The summed E-state index contributed by atoms with van der Waals surface area (Å²) in [6.07, 6.45) is 3.23. The lowest BCUT2D eigenvalue weighted by Crippen LogP contribution is -2.46. The second-order valence-electron chi connectivity index (χ2n) is 5.40. The first-order valence-corrected chi connectivity index (χ1v) is 8.82. The summed E-state index contributed by atoms with van der Waals surface area (Å²) in [6.45, 7) is 3.25. The maximum absolute atomic E-state index is 9.66. The molecule has 20 heavy (non-hydrogen) atoms. The van der Waals surface area contributed by atoms with E-state index in [9.17, 15) is 5.11 Å². The molecule has 0 amide bonds. The highest BCUT2D eigenvalue weighted by Gasteiger charge is 2.38. The van der Waals surface area contributed by atoms with Crippen molar-refractivity contribution in [1.82, 2.24) is 10.3 Å². The van der Waals surface area contributed by atoms with Gasteiger partial charge in [0.2, 0.25) is 0 Å². The Morgan fingerprint density at radius 3 is 3.10 bits per heavy atom. The van der Waals surface area contributed by atoms with Gasteiger partial charge in [0, 0.05) is 10.8 Å². The van der Waals surface area contributed by atoms with Crippen molar-refractivity contribution in [3.63, 3.8) is 0 Å². The van der Waals surface area contributed by atoms with E-state index in [2.05, 4.69) is 30.4 Å². The van der Waals surface area contributed by atoms with Gasteiger partial charge in [-0.15, -0.1) is 11.3 Å². The van der Waals surface area contributed by atoms with E-state index in [0.717, 1.165) is 35.7 Å². The summed E-state index contributed by atoms with van der Waals surface area (Å²) in [7, 11) is 0. The van der Waals surface area contributed by atoms with Gasteiger partial charge in [-0.05, 0) is 37.9 Å². The third-order valence-electron chi connectivity index (χ3n) is 3.96. The number of likely N-dealkylation sites (N-methyl/N-ethyl adjacent to an activating group) is 1. The van der Waals surface area contributed by atoms with Crippen molar-refractivity contribution in [2.45, 2.75) is 41.3 Å². The van der Waals surface area contributed by atoms with Crippen molar-refractivity contribution in [3.05, 3.63) is 24.3 Å². The molecule has 1 aromatic heterocycles. The number of aromatic nitrogens is 1. The van der Waals surface area contributed by atoms with E-state index < -0.39 is 0 Å². The molecule has 1 aromatic carbocycles. The number of aliphatic hydroxyl groups is 1. The fourth-order valence-corrected chi connectivity index (χ4v) is 5.60. The van der Waals surface area contributed by atoms with Gasteiger partial charge in [0.1, 0.15) is 0 Å². The Labute approximate surface area is 127 Å². The Morgan fingerprint density at radius 2 is 2.35 bits per heavy atom. The molecule has 0 radical (unpaired) electrons. The molecule has 108 valence electrons. The maximum atomic E-state index is 9.66. The second-order valence-corrected chi connectivity index (χ2v) is 7.98. The number of thiazole rings is 1. The van der Waals surface area contributed by atoms with Crippen LogP contribution in [0.3, 0.4) is 0 Å². The first-order chi connectivity index (χ1) is 9.74. The van der Waals surface area contributed by atoms with Gasteiger partial charge in [-0.2, -0.15) is 0 Å². The van der Waals surface area contributed by atoms with Crippen LogP contribution in [0.2, 0.25) is 0 Å². The van der Waals surface area contributed by atoms with E-state index in [1.54, 1.807) is 11.3 Å². The number of nitrogens with zero attached hydrogens (tertiary/aromatic N) is 1. The normalized spacial score (nSPS) is 26.4. The first kappa shape index (κ1) is 14.3. The average Bonchev–Trinajstić information content (AvgIpc) is 3.04. The monoisotopic (exact) mass is 308 g/mol. The zero-order valence-corrected chi connectivity index (χ0v) is 13.3. The molecule has 1 aliphatic rings. The number of para-hydroxylation sites is 1. The molecule has 1 heterocycles. The number of nitrogens with one attached hydrogen (secondary N) is 1. The molecule has 0 bridgehead atoms. The predicted octanol–water partition coefficient (Wildman–Crippen LogP) is 3.28. The fraction of sp³-hybridized carbons (Fsp3) is 0.533. The van der Waals surface area contributed by atoms with Crippen LogP contribution in [0, 0.1) is 0 Å². The SMILES string of the molecule is CCNC1(CO)CCC(Sc2nc3ccccc3s2)C1. The Hall–Kier alpha value is -0.620. The van der Waals surface area contributed by atoms with Crippen LogP contribution in [0.15, 0.2) is 28.6 Å². The van der Waals surface area contributed by atoms with Crippen LogP contribution >= 0.6 is 23.1 Å². The van der Waals surface area contributed by atoms with E-state index in [1.165, 1.54) is 4.70 Å². The van der Waals surface area contributed by atoms with Crippen LogP contribution < -0.4 is 5.32 Å². The molecule has 5 heteroatoms. The maximum Gasteiger partial charge on any atom is 0.151 e. The van der Waals surface area contributed by atoms with Gasteiger partial charge in [0.25, 0.3) is 0 Å². The summed E-state index contributed by atoms with van der Waals surface area (Å²) in [4.78, 5) is 4.69. The van der Waals surface area contributed by atoms with Crippen molar-refractivity contribution in [3.8, 4) is 0 Å². The van der Waals surface area contributed by atoms with Crippen molar-refractivity contribution in [1.29, 1.82) is 0 Å². The quantitative estimate of drug-likeness (QED) is 0.890. The number of benzene rings is 1. The van der Waals surface area contributed by atoms with Crippen molar-refractivity contribution >= 4 is 33.3 Å². The topological polar surface area (TPSA) is 45.1 Å². The zero-order chi connectivity index (χ0) is 14.0. The molecule has 0 spiro atoms. The largest absolute Gasteiger partial charge is 0.394 e. The highest BCUT2D eigenvalue weighted by Crippen LogP contribution is 2.42. The Morgan fingerprint density at radius 1 is 1.50 bits per heavy atom. The number of aliphatic hydroxyl groups excluding tert-OH is 1. The van der Waals surface area contributed by atoms with E-state index in [4.69, 9.17) is 4.98 Å². The van der Waals surface area contributed by atoms with Gasteiger partial charge in [-0.25, -0.2) is 4.98 Å². The lowest BCUT2D eigenvalue weighted by molar-refractivity contribution is 0.167. The van der Waals surface area contributed by atoms with Crippen LogP contribution in [0.1, 0.15) is 26.2 Å². The molecule has 0 saturated heterocycles. The molecule has 2 aromatic rings. The molecule has 0 aliphatic heterocycles. The lowest BCUT2D eigenvalue weighted by Gasteiger charge is -2.27. The average molecular weight is 308 g/mol. The molecule has 1 fully saturated rings. The van der Waals surface area contributed by atoms with Crippen molar-refractivity contribution < 1.29 is 5.11 Å². The molecular weight excluding hydrogens is 288 g/mol. The Balaban J connectivity index is 1.69. The molecule has 2 unspecified atom stereocenters. The molecule has 3 nitrogen and oxygen atoms in total. The summed E-state index contributed by atoms with van der Waals surface area (Å²) in [5.41, 5.74) is 1.03. The van der Waals surface area contributed by atoms with E-state index in [1.807, 2.05) is 17.8 Å². The Bertz CT molecular complexity index is 553. The third kappa shape index (κ3) is 2.86. The minimum Gasteiger partial charge on any atom is -0.394 e. The second kappa shape index (κ2) is 6.02. The van der Waals surface area contributed by atoms with E-state index >= 15 is 0 Å². The van der Waals surface area contributed by atoms with Gasteiger partial charge < -0.3 is 10.4 Å². The summed E-state index contributed by atoms with van der Waals surface area (Å²) in [5, 5.41) is 13.7. The van der Waals surface area contributed by atoms with Crippen LogP contribution in [-0.4, -0.2) is 34.0 Å². The van der Waals surface area contributed by atoms with Crippen LogP contribution in [0.25, 0.3) is 10.2 Å². The van der Waals surface area contributed by atoms with Crippen LogP contribution in [0.5, 0.6) is 0 Å². The minimum absolute atomic E-state index is 0.0664. The van der Waals surface area contributed by atoms with Gasteiger partial charge in [-0.1, -0.05) is 30.8 Å². The van der Waals surface area contributed by atoms with Crippen LogP contribution in [-0.2, 0) is 0 Å². The summed E-state index contributed by atoms with van der Waals surface area (Å²) in [6, 6.07) is 8.30. The van der Waals surface area contributed by atoms with Crippen molar-refractivity contribution in [2.24, 2.45) is 0 Å². The van der Waals surface area contributed by atoms with E-state index in [-0.39, 0.29) is 12.1 Å². The smallest absolute Gasteiger partial charge is 0.151 e. The van der Waals surface area contributed by atoms with Crippen LogP contribution in [0.4, 0.5) is 0 Å². The summed E-state index contributed by atoms with van der Waals surface area (Å²) >= 11 is 3.65. The summed E-state index contributed by atoms with van der Waals surface area (Å²) in [5.74, 6) is 0. The van der Waals surface area contributed by atoms with Crippen molar-refractivity contribution in [2.75, 3.05) is 13.2 Å².